The summed E-state index contributed by atoms with van der Waals surface area (Å²) in [5.74, 6) is -1.21. The molecule has 22 heavy (non-hydrogen) atoms. The monoisotopic (exact) mass is 311 g/mol. The zero-order valence-corrected chi connectivity index (χ0v) is 13.0. The van der Waals surface area contributed by atoms with Crippen molar-refractivity contribution >= 4 is 17.8 Å². The normalized spacial score (nSPS) is 26.6. The highest BCUT2D eigenvalue weighted by Gasteiger charge is 2.49. The Morgan fingerprint density at radius 3 is 2.55 bits per heavy atom. The number of likely N-dealkylation sites (tertiary alicyclic amines) is 1. The first kappa shape index (κ1) is 16.3. The molecule has 122 valence electrons. The number of esters is 2. The SMILES string of the molecule is CCOC(=O)C1=CC[C@@H]2C[C@H](C(=O)OCC)N(C(C)=O)[C@@H]2O1. The van der Waals surface area contributed by atoms with Gasteiger partial charge in [0, 0.05) is 12.8 Å². The Balaban J connectivity index is 2.16. The number of carbonyl (C=O) groups is 3. The molecule has 2 rings (SSSR count). The molecule has 7 heteroatoms. The van der Waals surface area contributed by atoms with E-state index in [9.17, 15) is 14.4 Å². The predicted molar refractivity (Wildman–Crippen MR) is 75.3 cm³/mol. The molecular formula is C15H21NO6. The van der Waals surface area contributed by atoms with Gasteiger partial charge in [-0.1, -0.05) is 0 Å². The first-order valence-corrected chi connectivity index (χ1v) is 7.49. The summed E-state index contributed by atoms with van der Waals surface area (Å²) < 4.78 is 15.6. The number of hydrogen-bond donors (Lipinski definition) is 0. The van der Waals surface area contributed by atoms with Crippen LogP contribution in [0.3, 0.4) is 0 Å². The van der Waals surface area contributed by atoms with Crippen molar-refractivity contribution in [2.45, 2.75) is 45.9 Å². The summed E-state index contributed by atoms with van der Waals surface area (Å²) in [5.41, 5.74) is 0. The van der Waals surface area contributed by atoms with E-state index in [1.54, 1.807) is 19.9 Å². The first-order valence-electron chi connectivity index (χ1n) is 7.49. The number of nitrogens with zero attached hydrogens (tertiary/aromatic N) is 1. The summed E-state index contributed by atoms with van der Waals surface area (Å²) in [4.78, 5) is 37.1. The van der Waals surface area contributed by atoms with Crippen molar-refractivity contribution in [2.24, 2.45) is 5.92 Å². The number of allylic oxidation sites excluding steroid dienone is 1. The maximum atomic E-state index is 12.0. The average Bonchev–Trinajstić information content (AvgIpc) is 2.86. The van der Waals surface area contributed by atoms with E-state index in [-0.39, 0.29) is 30.8 Å². The second kappa shape index (κ2) is 6.81. The Bertz CT molecular complexity index is 500. The van der Waals surface area contributed by atoms with E-state index >= 15 is 0 Å². The van der Waals surface area contributed by atoms with Gasteiger partial charge in [-0.25, -0.2) is 9.59 Å². The van der Waals surface area contributed by atoms with Gasteiger partial charge in [-0.2, -0.15) is 0 Å². The molecule has 1 saturated heterocycles. The summed E-state index contributed by atoms with van der Waals surface area (Å²) in [6.45, 7) is 5.30. The first-order chi connectivity index (χ1) is 10.5. The largest absolute Gasteiger partial charge is 0.464 e. The lowest BCUT2D eigenvalue weighted by molar-refractivity contribution is -0.162. The quantitative estimate of drug-likeness (QED) is 0.720. The van der Waals surface area contributed by atoms with Crippen LogP contribution in [0.1, 0.15) is 33.6 Å². The molecule has 0 aromatic carbocycles. The van der Waals surface area contributed by atoms with E-state index in [0.29, 0.717) is 12.8 Å². The fraction of sp³-hybridized carbons (Fsp3) is 0.667. The zero-order valence-electron chi connectivity index (χ0n) is 13.0. The fourth-order valence-electron chi connectivity index (χ4n) is 2.90. The van der Waals surface area contributed by atoms with Crippen molar-refractivity contribution < 1.29 is 28.6 Å². The van der Waals surface area contributed by atoms with Crippen LogP contribution in [0.5, 0.6) is 0 Å². The minimum absolute atomic E-state index is 0.0310. The van der Waals surface area contributed by atoms with Gasteiger partial charge >= 0.3 is 11.9 Å². The molecule has 0 saturated carbocycles. The average molecular weight is 311 g/mol. The van der Waals surface area contributed by atoms with Gasteiger partial charge < -0.3 is 14.2 Å². The Hall–Kier alpha value is -2.05. The van der Waals surface area contributed by atoms with Crippen molar-refractivity contribution in [2.75, 3.05) is 13.2 Å². The van der Waals surface area contributed by atoms with Crippen LogP contribution in [0.25, 0.3) is 0 Å². The number of rotatable bonds is 4. The van der Waals surface area contributed by atoms with Crippen molar-refractivity contribution in [3.05, 3.63) is 11.8 Å². The van der Waals surface area contributed by atoms with Crippen molar-refractivity contribution in [3.63, 3.8) is 0 Å². The van der Waals surface area contributed by atoms with Crippen LogP contribution in [-0.4, -0.2) is 48.2 Å². The number of amides is 1. The maximum Gasteiger partial charge on any atom is 0.373 e. The lowest BCUT2D eigenvalue weighted by atomic mass is 9.98. The van der Waals surface area contributed by atoms with Crippen LogP contribution in [0.4, 0.5) is 0 Å². The van der Waals surface area contributed by atoms with E-state index in [1.165, 1.54) is 11.8 Å². The fourth-order valence-corrected chi connectivity index (χ4v) is 2.90. The highest BCUT2D eigenvalue weighted by molar-refractivity contribution is 5.87. The standard InChI is InChI=1S/C15H21NO6/c1-4-20-14(18)11-8-10-6-7-12(15(19)21-5-2)22-13(10)16(11)9(3)17/h7,10-11,13H,4-6,8H2,1-3H3/t10-,11-,13-/m1/s1. The second-order valence-electron chi connectivity index (χ2n) is 5.22. The molecule has 2 aliphatic heterocycles. The summed E-state index contributed by atoms with van der Waals surface area (Å²) in [7, 11) is 0. The van der Waals surface area contributed by atoms with E-state index in [1.807, 2.05) is 0 Å². The topological polar surface area (TPSA) is 82.1 Å². The molecule has 1 amide bonds. The lowest BCUT2D eigenvalue weighted by Crippen LogP contribution is -2.47. The molecule has 0 bridgehead atoms. The Kier molecular flexibility index (Phi) is 5.05. The minimum Gasteiger partial charge on any atom is -0.464 e. The zero-order chi connectivity index (χ0) is 16.3. The van der Waals surface area contributed by atoms with Gasteiger partial charge in [-0.15, -0.1) is 0 Å². The van der Waals surface area contributed by atoms with Crippen LogP contribution < -0.4 is 0 Å². The number of carbonyl (C=O) groups excluding carboxylic acids is 3. The third-order valence-electron chi connectivity index (χ3n) is 3.79. The van der Waals surface area contributed by atoms with Gasteiger partial charge in [0.05, 0.1) is 13.2 Å². The van der Waals surface area contributed by atoms with Crippen molar-refractivity contribution in [3.8, 4) is 0 Å². The van der Waals surface area contributed by atoms with Crippen LogP contribution >= 0.6 is 0 Å². The van der Waals surface area contributed by atoms with E-state index in [2.05, 4.69) is 0 Å². The van der Waals surface area contributed by atoms with Gasteiger partial charge in [-0.05, 0) is 32.8 Å². The smallest absolute Gasteiger partial charge is 0.373 e. The third-order valence-corrected chi connectivity index (χ3v) is 3.79. The van der Waals surface area contributed by atoms with Gasteiger partial charge in [0.15, 0.2) is 6.23 Å². The highest BCUT2D eigenvalue weighted by atomic mass is 16.6. The molecule has 0 radical (unpaired) electrons. The summed E-state index contributed by atoms with van der Waals surface area (Å²) in [6, 6.07) is -0.664. The maximum absolute atomic E-state index is 12.0. The molecule has 0 aliphatic carbocycles. The van der Waals surface area contributed by atoms with Crippen molar-refractivity contribution in [1.82, 2.24) is 4.90 Å². The van der Waals surface area contributed by atoms with Gasteiger partial charge in [0.1, 0.15) is 6.04 Å². The molecule has 0 aromatic heterocycles. The highest BCUT2D eigenvalue weighted by Crippen LogP contribution is 2.38. The minimum atomic E-state index is -0.664. The van der Waals surface area contributed by atoms with Crippen LogP contribution in [0.15, 0.2) is 11.8 Å². The lowest BCUT2D eigenvalue weighted by Gasteiger charge is -2.32. The molecule has 0 aromatic rings. The Labute approximate surface area is 129 Å². The molecule has 0 spiro atoms. The molecule has 1 fully saturated rings. The number of ether oxygens (including phenoxy) is 3. The summed E-state index contributed by atoms with van der Waals surface area (Å²) in [6.07, 6.45) is 2.05. The molecule has 7 nitrogen and oxygen atoms in total. The van der Waals surface area contributed by atoms with Crippen LogP contribution in [0, 0.1) is 5.92 Å². The molecule has 2 heterocycles. The van der Waals surface area contributed by atoms with Crippen molar-refractivity contribution in [1.29, 1.82) is 0 Å². The number of hydrogen-bond acceptors (Lipinski definition) is 6. The van der Waals surface area contributed by atoms with Gasteiger partial charge in [0.2, 0.25) is 11.7 Å². The predicted octanol–water partition coefficient (Wildman–Crippen LogP) is 0.980. The summed E-state index contributed by atoms with van der Waals surface area (Å²) in [5, 5.41) is 0. The van der Waals surface area contributed by atoms with Gasteiger partial charge in [0.25, 0.3) is 0 Å². The van der Waals surface area contributed by atoms with E-state index in [0.717, 1.165) is 0 Å². The van der Waals surface area contributed by atoms with Gasteiger partial charge in [-0.3, -0.25) is 9.69 Å². The molecule has 2 aliphatic rings. The van der Waals surface area contributed by atoms with E-state index in [4.69, 9.17) is 14.2 Å². The molecule has 0 unspecified atom stereocenters. The number of fused-ring (bicyclic) bond motifs is 1. The van der Waals surface area contributed by atoms with Crippen LogP contribution in [0.2, 0.25) is 0 Å². The van der Waals surface area contributed by atoms with E-state index < -0.39 is 24.2 Å². The third kappa shape index (κ3) is 3.08. The molecular weight excluding hydrogens is 290 g/mol. The summed E-state index contributed by atoms with van der Waals surface area (Å²) >= 11 is 0. The second-order valence-corrected chi connectivity index (χ2v) is 5.22. The van der Waals surface area contributed by atoms with Crippen LogP contribution in [-0.2, 0) is 28.6 Å². The molecule has 3 atom stereocenters. The molecule has 0 N–H and O–H groups in total. The Morgan fingerprint density at radius 1 is 1.27 bits per heavy atom. The Morgan fingerprint density at radius 2 is 1.95 bits per heavy atom.